The quantitative estimate of drug-likeness (QED) is 0.793. The SMILES string of the molecule is CC(=O)N1CCCC(c2ccc(Br)cn2)C1. The van der Waals surface area contributed by atoms with Crippen LogP contribution in [-0.4, -0.2) is 28.9 Å². The Morgan fingerprint density at radius 1 is 1.56 bits per heavy atom. The first kappa shape index (κ1) is 11.6. The minimum absolute atomic E-state index is 0.168. The Kier molecular flexibility index (Phi) is 3.59. The fraction of sp³-hybridized carbons (Fsp3) is 0.500. The lowest BCUT2D eigenvalue weighted by Gasteiger charge is -2.31. The highest BCUT2D eigenvalue weighted by Gasteiger charge is 2.23. The number of halogens is 1. The summed E-state index contributed by atoms with van der Waals surface area (Å²) in [5, 5.41) is 0. The Balaban J connectivity index is 2.09. The minimum atomic E-state index is 0.168. The second-order valence-corrected chi connectivity index (χ2v) is 5.12. The van der Waals surface area contributed by atoms with E-state index in [-0.39, 0.29) is 5.91 Å². The maximum absolute atomic E-state index is 11.3. The fourth-order valence-corrected chi connectivity index (χ4v) is 2.37. The highest BCUT2D eigenvalue weighted by atomic mass is 79.9. The summed E-state index contributed by atoms with van der Waals surface area (Å²) >= 11 is 3.38. The average Bonchev–Trinajstić information content (AvgIpc) is 2.30. The zero-order valence-corrected chi connectivity index (χ0v) is 10.9. The standard InChI is InChI=1S/C12H15BrN2O/c1-9(16)15-6-2-3-10(8-15)12-5-4-11(13)7-14-12/h4-5,7,10H,2-3,6,8H2,1H3. The van der Waals surface area contributed by atoms with E-state index in [2.05, 4.69) is 20.9 Å². The molecule has 0 radical (unpaired) electrons. The molecule has 86 valence electrons. The molecule has 2 heterocycles. The van der Waals surface area contributed by atoms with E-state index >= 15 is 0 Å². The van der Waals surface area contributed by atoms with Crippen LogP contribution in [0.1, 0.15) is 31.4 Å². The number of piperidine rings is 1. The maximum atomic E-state index is 11.3. The summed E-state index contributed by atoms with van der Waals surface area (Å²) in [6.45, 7) is 3.34. The number of nitrogens with zero attached hydrogens (tertiary/aromatic N) is 2. The monoisotopic (exact) mass is 282 g/mol. The molecule has 1 aliphatic heterocycles. The first-order valence-corrected chi connectivity index (χ1v) is 6.33. The van der Waals surface area contributed by atoms with Gasteiger partial charge in [0.1, 0.15) is 0 Å². The molecule has 1 atom stereocenters. The van der Waals surface area contributed by atoms with Crippen LogP contribution in [0.4, 0.5) is 0 Å². The van der Waals surface area contributed by atoms with Gasteiger partial charge >= 0.3 is 0 Å². The Morgan fingerprint density at radius 2 is 2.38 bits per heavy atom. The molecule has 0 aliphatic carbocycles. The largest absolute Gasteiger partial charge is 0.342 e. The zero-order chi connectivity index (χ0) is 11.5. The van der Waals surface area contributed by atoms with Crippen molar-refractivity contribution in [2.45, 2.75) is 25.7 Å². The molecule has 16 heavy (non-hydrogen) atoms. The molecule has 1 amide bonds. The van der Waals surface area contributed by atoms with Crippen LogP contribution in [0, 0.1) is 0 Å². The van der Waals surface area contributed by atoms with Crippen LogP contribution < -0.4 is 0 Å². The van der Waals surface area contributed by atoms with Crippen molar-refractivity contribution in [1.82, 2.24) is 9.88 Å². The molecule has 0 aromatic carbocycles. The Bertz CT molecular complexity index is 377. The molecule has 2 rings (SSSR count). The fourth-order valence-electron chi connectivity index (χ4n) is 2.13. The predicted octanol–water partition coefficient (Wildman–Crippen LogP) is 2.57. The van der Waals surface area contributed by atoms with Gasteiger partial charge in [-0.05, 0) is 40.9 Å². The summed E-state index contributed by atoms with van der Waals surface area (Å²) in [5.74, 6) is 0.563. The smallest absolute Gasteiger partial charge is 0.219 e. The third-order valence-corrected chi connectivity index (χ3v) is 3.50. The maximum Gasteiger partial charge on any atom is 0.219 e. The number of aromatic nitrogens is 1. The van der Waals surface area contributed by atoms with Gasteiger partial charge in [-0.25, -0.2) is 0 Å². The van der Waals surface area contributed by atoms with Crippen molar-refractivity contribution in [2.24, 2.45) is 0 Å². The molecule has 1 saturated heterocycles. The molecule has 1 aromatic rings. The molecular weight excluding hydrogens is 268 g/mol. The summed E-state index contributed by atoms with van der Waals surface area (Å²) in [5.41, 5.74) is 1.09. The molecule has 3 nitrogen and oxygen atoms in total. The van der Waals surface area contributed by atoms with E-state index < -0.39 is 0 Å². The van der Waals surface area contributed by atoms with Crippen molar-refractivity contribution in [3.05, 3.63) is 28.5 Å². The summed E-state index contributed by atoms with van der Waals surface area (Å²) in [6, 6.07) is 4.05. The van der Waals surface area contributed by atoms with Crippen LogP contribution in [-0.2, 0) is 4.79 Å². The van der Waals surface area contributed by atoms with Gasteiger partial charge in [-0.1, -0.05) is 0 Å². The minimum Gasteiger partial charge on any atom is -0.342 e. The summed E-state index contributed by atoms with van der Waals surface area (Å²) in [4.78, 5) is 17.7. The number of rotatable bonds is 1. The van der Waals surface area contributed by atoms with Crippen molar-refractivity contribution >= 4 is 21.8 Å². The first-order valence-electron chi connectivity index (χ1n) is 5.54. The van der Waals surface area contributed by atoms with Crippen molar-refractivity contribution in [3.8, 4) is 0 Å². The first-order chi connectivity index (χ1) is 7.66. The predicted molar refractivity (Wildman–Crippen MR) is 66.2 cm³/mol. The van der Waals surface area contributed by atoms with E-state index in [9.17, 15) is 4.79 Å². The van der Waals surface area contributed by atoms with Crippen LogP contribution in [0.5, 0.6) is 0 Å². The van der Waals surface area contributed by atoms with Crippen LogP contribution in [0.3, 0.4) is 0 Å². The molecule has 0 bridgehead atoms. The number of amides is 1. The normalized spacial score (nSPS) is 20.9. The average molecular weight is 283 g/mol. The number of hydrogen-bond donors (Lipinski definition) is 0. The molecule has 1 fully saturated rings. The Hall–Kier alpha value is -0.900. The number of carbonyl (C=O) groups excluding carboxylic acids is 1. The lowest BCUT2D eigenvalue weighted by molar-refractivity contribution is -0.130. The lowest BCUT2D eigenvalue weighted by atomic mass is 9.94. The third kappa shape index (κ3) is 2.61. The number of likely N-dealkylation sites (tertiary alicyclic amines) is 1. The van der Waals surface area contributed by atoms with Gasteiger partial charge in [0, 0.05) is 42.3 Å². The van der Waals surface area contributed by atoms with Gasteiger partial charge in [0.15, 0.2) is 0 Å². The van der Waals surface area contributed by atoms with E-state index in [1.807, 2.05) is 23.2 Å². The van der Waals surface area contributed by atoms with Gasteiger partial charge in [-0.3, -0.25) is 9.78 Å². The molecule has 0 spiro atoms. The van der Waals surface area contributed by atoms with E-state index in [0.29, 0.717) is 5.92 Å². The van der Waals surface area contributed by atoms with Gasteiger partial charge in [-0.15, -0.1) is 0 Å². The summed E-state index contributed by atoms with van der Waals surface area (Å²) < 4.78 is 0.996. The summed E-state index contributed by atoms with van der Waals surface area (Å²) in [6.07, 6.45) is 4.02. The van der Waals surface area contributed by atoms with Gasteiger partial charge in [0.2, 0.25) is 5.91 Å². The molecule has 1 unspecified atom stereocenters. The van der Waals surface area contributed by atoms with Gasteiger partial charge in [0.05, 0.1) is 0 Å². The van der Waals surface area contributed by atoms with E-state index in [1.165, 1.54) is 0 Å². The number of carbonyl (C=O) groups is 1. The second kappa shape index (κ2) is 4.95. The van der Waals surface area contributed by atoms with Crippen molar-refractivity contribution in [1.29, 1.82) is 0 Å². The van der Waals surface area contributed by atoms with Crippen LogP contribution in [0.25, 0.3) is 0 Å². The molecule has 1 aromatic heterocycles. The highest BCUT2D eigenvalue weighted by Crippen LogP contribution is 2.26. The van der Waals surface area contributed by atoms with Gasteiger partial charge < -0.3 is 4.90 Å². The van der Waals surface area contributed by atoms with Crippen molar-refractivity contribution in [3.63, 3.8) is 0 Å². The van der Waals surface area contributed by atoms with E-state index in [1.54, 1.807) is 6.92 Å². The Morgan fingerprint density at radius 3 is 3.00 bits per heavy atom. The number of hydrogen-bond acceptors (Lipinski definition) is 2. The third-order valence-electron chi connectivity index (χ3n) is 3.04. The van der Waals surface area contributed by atoms with Gasteiger partial charge in [-0.2, -0.15) is 0 Å². The van der Waals surface area contributed by atoms with Crippen LogP contribution >= 0.6 is 15.9 Å². The zero-order valence-electron chi connectivity index (χ0n) is 9.32. The van der Waals surface area contributed by atoms with E-state index in [4.69, 9.17) is 0 Å². The Labute approximate surface area is 104 Å². The molecule has 4 heteroatoms. The topological polar surface area (TPSA) is 33.2 Å². The highest BCUT2D eigenvalue weighted by molar-refractivity contribution is 9.10. The molecule has 1 aliphatic rings. The molecule has 0 saturated carbocycles. The van der Waals surface area contributed by atoms with Gasteiger partial charge in [0.25, 0.3) is 0 Å². The summed E-state index contributed by atoms with van der Waals surface area (Å²) in [7, 11) is 0. The molecule has 0 N–H and O–H groups in total. The van der Waals surface area contributed by atoms with E-state index in [0.717, 1.165) is 36.1 Å². The van der Waals surface area contributed by atoms with Crippen LogP contribution in [0.2, 0.25) is 0 Å². The second-order valence-electron chi connectivity index (χ2n) is 4.21. The van der Waals surface area contributed by atoms with Crippen molar-refractivity contribution in [2.75, 3.05) is 13.1 Å². The number of pyridine rings is 1. The molecular formula is C12H15BrN2O. The lowest BCUT2D eigenvalue weighted by Crippen LogP contribution is -2.37. The van der Waals surface area contributed by atoms with Crippen LogP contribution in [0.15, 0.2) is 22.8 Å². The van der Waals surface area contributed by atoms with Crippen molar-refractivity contribution < 1.29 is 4.79 Å².